The SMILES string of the molecule is Cc1ccccc1NC(=S)N[C@H]1CCCC[C@@H]1C. The highest BCUT2D eigenvalue weighted by atomic mass is 32.1. The lowest BCUT2D eigenvalue weighted by atomic mass is 9.86. The maximum Gasteiger partial charge on any atom is 0.171 e. The van der Waals surface area contributed by atoms with Gasteiger partial charge >= 0.3 is 0 Å². The van der Waals surface area contributed by atoms with E-state index in [4.69, 9.17) is 12.2 Å². The van der Waals surface area contributed by atoms with E-state index in [0.29, 0.717) is 6.04 Å². The summed E-state index contributed by atoms with van der Waals surface area (Å²) in [7, 11) is 0. The Labute approximate surface area is 115 Å². The van der Waals surface area contributed by atoms with Crippen molar-refractivity contribution >= 4 is 23.0 Å². The van der Waals surface area contributed by atoms with E-state index in [-0.39, 0.29) is 0 Å². The molecule has 0 unspecified atom stereocenters. The first-order chi connectivity index (χ1) is 8.66. The number of aryl methyl sites for hydroxylation is 1. The van der Waals surface area contributed by atoms with Crippen molar-refractivity contribution < 1.29 is 0 Å². The van der Waals surface area contributed by atoms with Crippen molar-refractivity contribution in [3.05, 3.63) is 29.8 Å². The van der Waals surface area contributed by atoms with Gasteiger partial charge in [0.15, 0.2) is 5.11 Å². The van der Waals surface area contributed by atoms with Crippen LogP contribution in [0, 0.1) is 12.8 Å². The van der Waals surface area contributed by atoms with Crippen LogP contribution in [0.5, 0.6) is 0 Å². The highest BCUT2D eigenvalue weighted by Gasteiger charge is 2.21. The molecular weight excluding hydrogens is 240 g/mol. The van der Waals surface area contributed by atoms with Gasteiger partial charge in [0.05, 0.1) is 0 Å². The number of para-hydroxylation sites is 1. The van der Waals surface area contributed by atoms with E-state index in [9.17, 15) is 0 Å². The number of thiocarbonyl (C=S) groups is 1. The Morgan fingerprint density at radius 2 is 1.94 bits per heavy atom. The van der Waals surface area contributed by atoms with Crippen molar-refractivity contribution in [3.8, 4) is 0 Å². The molecule has 1 aliphatic rings. The second kappa shape index (κ2) is 6.19. The van der Waals surface area contributed by atoms with Gasteiger partial charge in [-0.2, -0.15) is 0 Å². The molecule has 2 nitrogen and oxygen atoms in total. The fourth-order valence-electron chi connectivity index (χ4n) is 2.57. The first kappa shape index (κ1) is 13.3. The lowest BCUT2D eigenvalue weighted by Crippen LogP contribution is -2.43. The summed E-state index contributed by atoms with van der Waals surface area (Å²) in [6.45, 7) is 4.40. The van der Waals surface area contributed by atoms with Crippen molar-refractivity contribution in [2.24, 2.45) is 5.92 Å². The average molecular weight is 262 g/mol. The van der Waals surface area contributed by atoms with Gasteiger partial charge in [-0.05, 0) is 49.5 Å². The molecule has 1 saturated carbocycles. The molecule has 18 heavy (non-hydrogen) atoms. The van der Waals surface area contributed by atoms with Crippen LogP contribution in [-0.2, 0) is 0 Å². The summed E-state index contributed by atoms with van der Waals surface area (Å²) in [5.74, 6) is 0.718. The normalized spacial score (nSPS) is 23.4. The summed E-state index contributed by atoms with van der Waals surface area (Å²) in [4.78, 5) is 0. The Morgan fingerprint density at radius 1 is 1.22 bits per heavy atom. The Bertz CT molecular complexity index is 417. The number of anilines is 1. The standard InChI is InChI=1S/C15H22N2S/c1-11-7-3-5-9-13(11)16-15(18)17-14-10-6-4-8-12(14)2/h3,5,7,9,12,14H,4,6,8,10H2,1-2H3,(H2,16,17,18)/t12-,14-/m0/s1. The fourth-order valence-corrected chi connectivity index (χ4v) is 2.83. The zero-order valence-electron chi connectivity index (χ0n) is 11.2. The first-order valence-corrected chi connectivity index (χ1v) is 7.21. The van der Waals surface area contributed by atoms with E-state index in [0.717, 1.165) is 16.7 Å². The third-order valence-electron chi connectivity index (χ3n) is 3.82. The number of hydrogen-bond donors (Lipinski definition) is 2. The zero-order valence-corrected chi connectivity index (χ0v) is 12.0. The molecule has 0 spiro atoms. The van der Waals surface area contributed by atoms with Crippen LogP contribution in [0.2, 0.25) is 0 Å². The molecular formula is C15H22N2S. The summed E-state index contributed by atoms with van der Waals surface area (Å²) < 4.78 is 0. The van der Waals surface area contributed by atoms with Gasteiger partial charge in [-0.15, -0.1) is 0 Å². The topological polar surface area (TPSA) is 24.1 Å². The average Bonchev–Trinajstić information content (AvgIpc) is 2.35. The number of hydrogen-bond acceptors (Lipinski definition) is 1. The smallest absolute Gasteiger partial charge is 0.171 e. The summed E-state index contributed by atoms with van der Waals surface area (Å²) in [6.07, 6.45) is 5.22. The van der Waals surface area contributed by atoms with Crippen LogP contribution in [0.1, 0.15) is 38.2 Å². The molecule has 1 aromatic carbocycles. The van der Waals surface area contributed by atoms with E-state index in [2.05, 4.69) is 36.6 Å². The number of benzene rings is 1. The van der Waals surface area contributed by atoms with Gasteiger partial charge in [0, 0.05) is 11.7 Å². The van der Waals surface area contributed by atoms with Crippen LogP contribution in [0.4, 0.5) is 5.69 Å². The van der Waals surface area contributed by atoms with E-state index < -0.39 is 0 Å². The molecule has 1 aromatic rings. The van der Waals surface area contributed by atoms with Crippen molar-refractivity contribution in [3.63, 3.8) is 0 Å². The summed E-state index contributed by atoms with van der Waals surface area (Å²) >= 11 is 5.41. The lowest BCUT2D eigenvalue weighted by molar-refractivity contribution is 0.309. The molecule has 0 heterocycles. The maximum atomic E-state index is 5.41. The first-order valence-electron chi connectivity index (χ1n) is 6.80. The summed E-state index contributed by atoms with van der Waals surface area (Å²) in [5, 5.41) is 7.52. The molecule has 1 aliphatic carbocycles. The minimum Gasteiger partial charge on any atom is -0.359 e. The van der Waals surface area contributed by atoms with Gasteiger partial charge in [0.2, 0.25) is 0 Å². The highest BCUT2D eigenvalue weighted by Crippen LogP contribution is 2.24. The predicted molar refractivity (Wildman–Crippen MR) is 82.0 cm³/mol. The second-order valence-corrected chi connectivity index (χ2v) is 5.69. The molecule has 98 valence electrons. The van der Waals surface area contributed by atoms with Crippen molar-refractivity contribution in [2.45, 2.75) is 45.6 Å². The van der Waals surface area contributed by atoms with Gasteiger partial charge in [-0.25, -0.2) is 0 Å². The van der Waals surface area contributed by atoms with Crippen molar-refractivity contribution in [2.75, 3.05) is 5.32 Å². The predicted octanol–water partition coefficient (Wildman–Crippen LogP) is 3.86. The second-order valence-electron chi connectivity index (χ2n) is 5.28. The zero-order chi connectivity index (χ0) is 13.0. The van der Waals surface area contributed by atoms with E-state index in [1.807, 2.05) is 12.1 Å². The number of nitrogens with one attached hydrogen (secondary N) is 2. The van der Waals surface area contributed by atoms with E-state index in [1.54, 1.807) is 0 Å². The summed E-state index contributed by atoms with van der Waals surface area (Å²) in [5.41, 5.74) is 2.32. The third kappa shape index (κ3) is 3.45. The molecule has 0 aliphatic heterocycles. The van der Waals surface area contributed by atoms with E-state index in [1.165, 1.54) is 31.2 Å². The molecule has 0 radical (unpaired) electrons. The number of rotatable bonds is 2. The van der Waals surface area contributed by atoms with Crippen molar-refractivity contribution in [1.82, 2.24) is 5.32 Å². The van der Waals surface area contributed by atoms with Crippen LogP contribution in [-0.4, -0.2) is 11.2 Å². The Balaban J connectivity index is 1.90. The summed E-state index contributed by atoms with van der Waals surface area (Å²) in [6, 6.07) is 8.76. The molecule has 0 aromatic heterocycles. The van der Waals surface area contributed by atoms with Gasteiger partial charge in [-0.3, -0.25) is 0 Å². The monoisotopic (exact) mass is 262 g/mol. The molecule has 0 amide bonds. The Hall–Kier alpha value is -1.09. The fraction of sp³-hybridized carbons (Fsp3) is 0.533. The molecule has 2 rings (SSSR count). The third-order valence-corrected chi connectivity index (χ3v) is 4.04. The quantitative estimate of drug-likeness (QED) is 0.791. The van der Waals surface area contributed by atoms with Crippen LogP contribution in [0.25, 0.3) is 0 Å². The molecule has 2 atom stereocenters. The molecule has 0 bridgehead atoms. The lowest BCUT2D eigenvalue weighted by Gasteiger charge is -2.30. The van der Waals surface area contributed by atoms with Gasteiger partial charge < -0.3 is 10.6 Å². The largest absolute Gasteiger partial charge is 0.359 e. The molecule has 3 heteroatoms. The maximum absolute atomic E-state index is 5.41. The Kier molecular flexibility index (Phi) is 4.59. The molecule has 1 fully saturated rings. The van der Waals surface area contributed by atoms with Gasteiger partial charge in [0.25, 0.3) is 0 Å². The minimum atomic E-state index is 0.530. The van der Waals surface area contributed by atoms with Crippen molar-refractivity contribution in [1.29, 1.82) is 0 Å². The minimum absolute atomic E-state index is 0.530. The highest BCUT2D eigenvalue weighted by molar-refractivity contribution is 7.80. The van der Waals surface area contributed by atoms with Crippen LogP contribution in [0.3, 0.4) is 0 Å². The van der Waals surface area contributed by atoms with Crippen LogP contribution >= 0.6 is 12.2 Å². The van der Waals surface area contributed by atoms with Gasteiger partial charge in [-0.1, -0.05) is 38.0 Å². The molecule has 2 N–H and O–H groups in total. The van der Waals surface area contributed by atoms with Crippen LogP contribution < -0.4 is 10.6 Å². The van der Waals surface area contributed by atoms with Gasteiger partial charge in [0.1, 0.15) is 0 Å². The van der Waals surface area contributed by atoms with Crippen LogP contribution in [0.15, 0.2) is 24.3 Å². The Morgan fingerprint density at radius 3 is 2.67 bits per heavy atom. The molecule has 0 saturated heterocycles. The van der Waals surface area contributed by atoms with E-state index >= 15 is 0 Å².